The number of carbonyl (C=O) groups is 1. The van der Waals surface area contributed by atoms with Crippen LogP contribution in [-0.2, 0) is 11.3 Å². The van der Waals surface area contributed by atoms with Crippen molar-refractivity contribution in [2.75, 3.05) is 0 Å². The Kier molecular flexibility index (Phi) is 6.41. The van der Waals surface area contributed by atoms with Gasteiger partial charge < -0.3 is 11.1 Å². The van der Waals surface area contributed by atoms with Crippen LogP contribution in [0.5, 0.6) is 0 Å². The first-order chi connectivity index (χ1) is 9.67. The lowest BCUT2D eigenvalue weighted by molar-refractivity contribution is -0.121. The molecule has 21 heavy (non-hydrogen) atoms. The van der Waals surface area contributed by atoms with Gasteiger partial charge in [-0.1, -0.05) is 58.9 Å². The van der Waals surface area contributed by atoms with E-state index in [1.54, 1.807) is 0 Å². The van der Waals surface area contributed by atoms with Crippen LogP contribution in [0.25, 0.3) is 0 Å². The highest BCUT2D eigenvalue weighted by atomic mass is 16.1. The van der Waals surface area contributed by atoms with Crippen LogP contribution in [0.4, 0.5) is 0 Å². The Labute approximate surface area is 129 Å². The zero-order valence-electron chi connectivity index (χ0n) is 14.1. The summed E-state index contributed by atoms with van der Waals surface area (Å²) in [6.45, 7) is 11.3. The number of benzene rings is 1. The summed E-state index contributed by atoms with van der Waals surface area (Å²) in [5, 5.41) is 2.95. The standard InChI is InChI=1S/C18H30N2O/c1-13(2)15-8-6-14(7-9-15)12-20-17(21)10-16(19)11-18(3,4)5/h6-9,13,16H,10-12,19H2,1-5H3,(H,20,21). The van der Waals surface area contributed by atoms with Gasteiger partial charge in [-0.15, -0.1) is 0 Å². The zero-order valence-corrected chi connectivity index (χ0v) is 14.1. The zero-order chi connectivity index (χ0) is 16.0. The van der Waals surface area contributed by atoms with Gasteiger partial charge in [-0.05, 0) is 28.9 Å². The van der Waals surface area contributed by atoms with E-state index in [1.165, 1.54) is 5.56 Å². The van der Waals surface area contributed by atoms with E-state index in [4.69, 9.17) is 5.73 Å². The first-order valence-corrected chi connectivity index (χ1v) is 7.78. The van der Waals surface area contributed by atoms with Gasteiger partial charge in [0.1, 0.15) is 0 Å². The van der Waals surface area contributed by atoms with Gasteiger partial charge in [0, 0.05) is 19.0 Å². The Hall–Kier alpha value is -1.35. The molecule has 1 atom stereocenters. The predicted octanol–water partition coefficient (Wildman–Crippen LogP) is 3.58. The maximum absolute atomic E-state index is 11.9. The number of amides is 1. The van der Waals surface area contributed by atoms with Crippen LogP contribution in [0.2, 0.25) is 0 Å². The number of hydrogen-bond donors (Lipinski definition) is 2. The Morgan fingerprint density at radius 2 is 1.76 bits per heavy atom. The monoisotopic (exact) mass is 290 g/mol. The highest BCUT2D eigenvalue weighted by Gasteiger charge is 2.17. The normalized spacial score (nSPS) is 13.3. The Balaban J connectivity index is 2.39. The van der Waals surface area contributed by atoms with E-state index in [-0.39, 0.29) is 17.4 Å². The summed E-state index contributed by atoms with van der Waals surface area (Å²) in [5.41, 5.74) is 8.62. The summed E-state index contributed by atoms with van der Waals surface area (Å²) in [4.78, 5) is 11.9. The molecular formula is C18H30N2O. The fraction of sp³-hybridized carbons (Fsp3) is 0.611. The molecule has 1 unspecified atom stereocenters. The van der Waals surface area contributed by atoms with Crippen LogP contribution in [0, 0.1) is 5.41 Å². The summed E-state index contributed by atoms with van der Waals surface area (Å²) in [5.74, 6) is 0.559. The van der Waals surface area contributed by atoms with E-state index in [9.17, 15) is 4.79 Å². The van der Waals surface area contributed by atoms with Crippen LogP contribution in [0.1, 0.15) is 64.5 Å². The first kappa shape index (κ1) is 17.7. The van der Waals surface area contributed by atoms with Crippen molar-refractivity contribution < 1.29 is 4.79 Å². The first-order valence-electron chi connectivity index (χ1n) is 7.78. The van der Waals surface area contributed by atoms with Crippen molar-refractivity contribution in [1.29, 1.82) is 0 Å². The molecule has 3 heteroatoms. The topological polar surface area (TPSA) is 55.1 Å². The van der Waals surface area contributed by atoms with Crippen molar-refractivity contribution in [2.24, 2.45) is 11.1 Å². The second-order valence-corrected chi connectivity index (χ2v) is 7.40. The third-order valence-electron chi connectivity index (χ3n) is 3.46. The van der Waals surface area contributed by atoms with Crippen LogP contribution >= 0.6 is 0 Å². The molecule has 118 valence electrons. The van der Waals surface area contributed by atoms with Crippen LogP contribution in [0.3, 0.4) is 0 Å². The molecule has 0 aliphatic carbocycles. The maximum atomic E-state index is 11.9. The molecule has 0 spiro atoms. The maximum Gasteiger partial charge on any atom is 0.221 e. The van der Waals surface area contributed by atoms with Gasteiger partial charge in [-0.2, -0.15) is 0 Å². The number of hydrogen-bond acceptors (Lipinski definition) is 2. The fourth-order valence-corrected chi connectivity index (χ4v) is 2.39. The molecule has 3 N–H and O–H groups in total. The van der Waals surface area contributed by atoms with Crippen molar-refractivity contribution in [3.05, 3.63) is 35.4 Å². The highest BCUT2D eigenvalue weighted by Crippen LogP contribution is 2.21. The second kappa shape index (κ2) is 7.60. The summed E-state index contributed by atoms with van der Waals surface area (Å²) in [6, 6.07) is 8.32. The third-order valence-corrected chi connectivity index (χ3v) is 3.46. The summed E-state index contributed by atoms with van der Waals surface area (Å²) in [7, 11) is 0. The van der Waals surface area contributed by atoms with E-state index >= 15 is 0 Å². The summed E-state index contributed by atoms with van der Waals surface area (Å²) >= 11 is 0. The molecule has 1 rings (SSSR count). The molecule has 0 aromatic heterocycles. The van der Waals surface area contributed by atoms with Gasteiger partial charge in [0.2, 0.25) is 5.91 Å². The molecule has 0 aliphatic heterocycles. The van der Waals surface area contributed by atoms with E-state index in [0.29, 0.717) is 18.9 Å². The molecule has 1 amide bonds. The Morgan fingerprint density at radius 3 is 2.24 bits per heavy atom. The van der Waals surface area contributed by atoms with Crippen molar-refractivity contribution >= 4 is 5.91 Å². The minimum absolute atomic E-state index is 0.0275. The quantitative estimate of drug-likeness (QED) is 0.841. The van der Waals surface area contributed by atoms with E-state index in [2.05, 4.69) is 64.2 Å². The molecular weight excluding hydrogens is 260 g/mol. The lowest BCUT2D eigenvalue weighted by Crippen LogP contribution is -2.34. The lowest BCUT2D eigenvalue weighted by Gasteiger charge is -2.22. The molecule has 0 saturated carbocycles. The van der Waals surface area contributed by atoms with Gasteiger partial charge >= 0.3 is 0 Å². The largest absolute Gasteiger partial charge is 0.352 e. The smallest absolute Gasteiger partial charge is 0.221 e. The number of carbonyl (C=O) groups excluding carboxylic acids is 1. The van der Waals surface area contributed by atoms with E-state index < -0.39 is 0 Å². The molecule has 0 heterocycles. The highest BCUT2D eigenvalue weighted by molar-refractivity contribution is 5.76. The number of nitrogens with two attached hydrogens (primary N) is 1. The lowest BCUT2D eigenvalue weighted by atomic mass is 9.87. The minimum atomic E-state index is -0.0756. The van der Waals surface area contributed by atoms with Crippen molar-refractivity contribution in [1.82, 2.24) is 5.32 Å². The number of nitrogens with one attached hydrogen (secondary N) is 1. The predicted molar refractivity (Wildman–Crippen MR) is 89.0 cm³/mol. The number of rotatable bonds is 6. The minimum Gasteiger partial charge on any atom is -0.352 e. The van der Waals surface area contributed by atoms with Gasteiger partial charge in [-0.25, -0.2) is 0 Å². The van der Waals surface area contributed by atoms with Crippen molar-refractivity contribution in [3.8, 4) is 0 Å². The van der Waals surface area contributed by atoms with Gasteiger partial charge in [0.15, 0.2) is 0 Å². The van der Waals surface area contributed by atoms with Gasteiger partial charge in [0.05, 0.1) is 0 Å². The van der Waals surface area contributed by atoms with Gasteiger partial charge in [0.25, 0.3) is 0 Å². The fourth-order valence-electron chi connectivity index (χ4n) is 2.39. The molecule has 0 saturated heterocycles. The average molecular weight is 290 g/mol. The van der Waals surface area contributed by atoms with Crippen LogP contribution < -0.4 is 11.1 Å². The summed E-state index contributed by atoms with van der Waals surface area (Å²) in [6.07, 6.45) is 1.24. The second-order valence-electron chi connectivity index (χ2n) is 7.40. The van der Waals surface area contributed by atoms with Crippen LogP contribution in [0.15, 0.2) is 24.3 Å². The molecule has 0 radical (unpaired) electrons. The average Bonchev–Trinajstić information content (AvgIpc) is 2.34. The molecule has 3 nitrogen and oxygen atoms in total. The van der Waals surface area contributed by atoms with E-state index in [1.807, 2.05) is 0 Å². The third kappa shape index (κ3) is 7.28. The Morgan fingerprint density at radius 1 is 1.19 bits per heavy atom. The van der Waals surface area contributed by atoms with Gasteiger partial charge in [-0.3, -0.25) is 4.79 Å². The molecule has 1 aromatic carbocycles. The molecule has 0 bridgehead atoms. The molecule has 0 aliphatic rings. The van der Waals surface area contributed by atoms with E-state index in [0.717, 1.165) is 12.0 Å². The van der Waals surface area contributed by atoms with Crippen LogP contribution in [-0.4, -0.2) is 11.9 Å². The molecule has 0 fully saturated rings. The SMILES string of the molecule is CC(C)c1ccc(CNC(=O)CC(N)CC(C)(C)C)cc1. The Bertz CT molecular complexity index is 443. The molecule has 1 aromatic rings. The van der Waals surface area contributed by atoms with Crippen molar-refractivity contribution in [2.45, 2.75) is 66.0 Å². The summed E-state index contributed by atoms with van der Waals surface area (Å²) < 4.78 is 0. The van der Waals surface area contributed by atoms with Crippen molar-refractivity contribution in [3.63, 3.8) is 0 Å².